The number of aliphatic hydroxyl groups is 1. The van der Waals surface area contributed by atoms with Crippen molar-refractivity contribution in [3.05, 3.63) is 62.1 Å². The van der Waals surface area contributed by atoms with E-state index in [1.807, 2.05) is 0 Å². The standard InChI is InChI=1S/C21H19Cl3F6N2O3/c1-35-5-4-17(33)31-9-11-2-3-13(8-14(11)20(25,26)27)32-10-19(34,21(28,29)30)12-6-15(22)18(24)16(23)7-12/h2-3,6-8,32,34H,4-5,9-10H2,1H3,(H,31,33)/t19-/m0/s1. The van der Waals surface area contributed by atoms with Crippen LogP contribution in [0.15, 0.2) is 30.3 Å². The van der Waals surface area contributed by atoms with Gasteiger partial charge in [0.2, 0.25) is 11.5 Å². The van der Waals surface area contributed by atoms with Gasteiger partial charge in [0, 0.05) is 25.8 Å². The predicted molar refractivity (Wildman–Crippen MR) is 120 cm³/mol. The van der Waals surface area contributed by atoms with Gasteiger partial charge in [-0.25, -0.2) is 0 Å². The summed E-state index contributed by atoms with van der Waals surface area (Å²) in [7, 11) is 1.36. The van der Waals surface area contributed by atoms with Crippen LogP contribution in [0.3, 0.4) is 0 Å². The first-order valence-electron chi connectivity index (χ1n) is 9.74. The van der Waals surface area contributed by atoms with Gasteiger partial charge in [0.1, 0.15) is 0 Å². The summed E-state index contributed by atoms with van der Waals surface area (Å²) < 4.78 is 86.9. The second-order valence-corrected chi connectivity index (χ2v) is 8.55. The van der Waals surface area contributed by atoms with Crippen LogP contribution in [-0.2, 0) is 27.9 Å². The molecule has 0 radical (unpaired) electrons. The summed E-state index contributed by atoms with van der Waals surface area (Å²) in [5.74, 6) is -0.544. The van der Waals surface area contributed by atoms with Crippen molar-refractivity contribution >= 4 is 46.4 Å². The molecule has 0 saturated carbocycles. The lowest BCUT2D eigenvalue weighted by Gasteiger charge is -2.32. The maximum atomic E-state index is 13.8. The predicted octanol–water partition coefficient (Wildman–Crippen LogP) is 6.18. The summed E-state index contributed by atoms with van der Waals surface area (Å²) in [5.41, 5.74) is -6.18. The lowest BCUT2D eigenvalue weighted by Crippen LogP contribution is -2.47. The van der Waals surface area contributed by atoms with Crippen LogP contribution in [0.5, 0.6) is 0 Å². The molecule has 0 heterocycles. The molecule has 35 heavy (non-hydrogen) atoms. The molecule has 3 N–H and O–H groups in total. The molecule has 0 aliphatic heterocycles. The minimum absolute atomic E-state index is 0.0632. The number of halogens is 9. The quantitative estimate of drug-likeness (QED) is 0.250. The highest BCUT2D eigenvalue weighted by molar-refractivity contribution is 6.48. The molecule has 1 atom stereocenters. The van der Waals surface area contributed by atoms with Crippen molar-refractivity contribution in [2.45, 2.75) is 30.9 Å². The Morgan fingerprint density at radius 1 is 1.03 bits per heavy atom. The fraction of sp³-hybridized carbons (Fsp3) is 0.381. The van der Waals surface area contributed by atoms with E-state index in [4.69, 9.17) is 39.5 Å². The number of carbonyl (C=O) groups excluding carboxylic acids is 1. The molecule has 0 unspecified atom stereocenters. The summed E-state index contributed by atoms with van der Waals surface area (Å²) in [5, 5.41) is 14.1. The zero-order chi connectivity index (χ0) is 26.6. The Labute approximate surface area is 211 Å². The molecule has 0 bridgehead atoms. The number of benzene rings is 2. The van der Waals surface area contributed by atoms with Crippen LogP contribution in [0.4, 0.5) is 32.0 Å². The van der Waals surface area contributed by atoms with E-state index >= 15 is 0 Å². The van der Waals surface area contributed by atoms with Gasteiger partial charge in [-0.05, 0) is 35.4 Å². The minimum Gasteiger partial charge on any atom is -0.384 e. The number of amides is 1. The smallest absolute Gasteiger partial charge is 0.384 e. The van der Waals surface area contributed by atoms with E-state index in [-0.39, 0.29) is 39.3 Å². The van der Waals surface area contributed by atoms with Gasteiger partial charge in [-0.1, -0.05) is 40.9 Å². The van der Waals surface area contributed by atoms with Gasteiger partial charge in [-0.2, -0.15) is 26.3 Å². The number of methoxy groups -OCH3 is 1. The van der Waals surface area contributed by atoms with E-state index in [0.717, 1.165) is 24.3 Å². The van der Waals surface area contributed by atoms with Gasteiger partial charge in [0.05, 0.1) is 33.8 Å². The Morgan fingerprint density at radius 3 is 2.14 bits per heavy atom. The molecular formula is C21H19Cl3F6N2O3. The van der Waals surface area contributed by atoms with E-state index in [1.165, 1.54) is 7.11 Å². The van der Waals surface area contributed by atoms with Crippen molar-refractivity contribution in [3.8, 4) is 0 Å². The Balaban J connectivity index is 2.33. The van der Waals surface area contributed by atoms with Crippen molar-refractivity contribution in [2.24, 2.45) is 0 Å². The van der Waals surface area contributed by atoms with Gasteiger partial charge in [-0.15, -0.1) is 0 Å². The van der Waals surface area contributed by atoms with Crippen molar-refractivity contribution in [3.63, 3.8) is 0 Å². The largest absolute Gasteiger partial charge is 0.423 e. The maximum absolute atomic E-state index is 13.8. The highest BCUT2D eigenvalue weighted by atomic mass is 35.5. The first-order valence-corrected chi connectivity index (χ1v) is 10.9. The van der Waals surface area contributed by atoms with Gasteiger partial charge in [0.15, 0.2) is 0 Å². The third-order valence-electron chi connectivity index (χ3n) is 4.90. The highest BCUT2D eigenvalue weighted by Gasteiger charge is 2.55. The van der Waals surface area contributed by atoms with Crippen LogP contribution < -0.4 is 10.6 Å². The number of hydrogen-bond donors (Lipinski definition) is 3. The zero-order valence-electron chi connectivity index (χ0n) is 17.9. The van der Waals surface area contributed by atoms with Crippen LogP contribution in [0.2, 0.25) is 15.1 Å². The van der Waals surface area contributed by atoms with Crippen LogP contribution >= 0.6 is 34.8 Å². The number of alkyl halides is 6. The van der Waals surface area contributed by atoms with E-state index in [0.29, 0.717) is 6.07 Å². The van der Waals surface area contributed by atoms with Crippen LogP contribution in [0.25, 0.3) is 0 Å². The Kier molecular flexibility index (Phi) is 9.57. The van der Waals surface area contributed by atoms with Crippen molar-refractivity contribution < 1.29 is 41.0 Å². The van der Waals surface area contributed by atoms with Crippen molar-refractivity contribution in [2.75, 3.05) is 25.6 Å². The fourth-order valence-corrected chi connectivity index (χ4v) is 3.57. The molecule has 0 saturated heterocycles. The number of carbonyl (C=O) groups is 1. The van der Waals surface area contributed by atoms with Gasteiger partial charge in [-0.3, -0.25) is 4.79 Å². The summed E-state index contributed by atoms with van der Waals surface area (Å²) in [6, 6.07) is 4.20. The fourth-order valence-electron chi connectivity index (χ4n) is 2.97. The van der Waals surface area contributed by atoms with E-state index < -0.39 is 48.1 Å². The number of rotatable bonds is 9. The van der Waals surface area contributed by atoms with Crippen molar-refractivity contribution in [1.82, 2.24) is 5.32 Å². The zero-order valence-corrected chi connectivity index (χ0v) is 20.1. The van der Waals surface area contributed by atoms with E-state index in [9.17, 15) is 36.2 Å². The monoisotopic (exact) mass is 566 g/mol. The topological polar surface area (TPSA) is 70.6 Å². The molecule has 5 nitrogen and oxygen atoms in total. The normalized spacial score (nSPS) is 13.9. The van der Waals surface area contributed by atoms with Gasteiger partial charge < -0.3 is 20.5 Å². The lowest BCUT2D eigenvalue weighted by molar-refractivity contribution is -0.260. The Bertz CT molecular complexity index is 1040. The average molecular weight is 568 g/mol. The number of anilines is 1. The molecule has 14 heteroatoms. The molecule has 0 spiro atoms. The first-order chi connectivity index (χ1) is 16.1. The third-order valence-corrected chi connectivity index (χ3v) is 6.10. The van der Waals surface area contributed by atoms with Gasteiger partial charge >= 0.3 is 12.4 Å². The van der Waals surface area contributed by atoms with Crippen LogP contribution in [0, 0.1) is 0 Å². The third kappa shape index (κ3) is 7.29. The summed E-state index contributed by atoms with van der Waals surface area (Å²) in [6.45, 7) is -1.66. The van der Waals surface area contributed by atoms with E-state index in [1.54, 1.807) is 0 Å². The van der Waals surface area contributed by atoms with Gasteiger partial charge in [0.25, 0.3) is 0 Å². The molecule has 0 aromatic heterocycles. The molecule has 0 aliphatic carbocycles. The van der Waals surface area contributed by atoms with Crippen molar-refractivity contribution in [1.29, 1.82) is 0 Å². The molecule has 1 amide bonds. The lowest BCUT2D eigenvalue weighted by atomic mass is 9.92. The maximum Gasteiger partial charge on any atom is 0.423 e. The Morgan fingerprint density at radius 2 is 1.63 bits per heavy atom. The first kappa shape index (κ1) is 29.3. The highest BCUT2D eigenvalue weighted by Crippen LogP contribution is 2.43. The Hall–Kier alpha value is -1.92. The summed E-state index contributed by atoms with van der Waals surface area (Å²) in [4.78, 5) is 11.7. The molecule has 2 aromatic carbocycles. The second-order valence-electron chi connectivity index (χ2n) is 7.35. The molecule has 194 valence electrons. The molecule has 0 fully saturated rings. The molecular weight excluding hydrogens is 549 g/mol. The average Bonchev–Trinajstić information content (AvgIpc) is 2.76. The molecule has 0 aliphatic rings. The second kappa shape index (κ2) is 11.4. The molecule has 2 aromatic rings. The number of nitrogens with one attached hydrogen (secondary N) is 2. The number of hydrogen-bond acceptors (Lipinski definition) is 4. The van der Waals surface area contributed by atoms with Crippen LogP contribution in [-0.4, -0.2) is 37.5 Å². The molecule has 2 rings (SSSR count). The van der Waals surface area contributed by atoms with Crippen LogP contribution in [0.1, 0.15) is 23.1 Å². The summed E-state index contributed by atoms with van der Waals surface area (Å²) >= 11 is 17.3. The minimum atomic E-state index is -5.26. The van der Waals surface area contributed by atoms with E-state index in [2.05, 4.69) is 10.6 Å². The summed E-state index contributed by atoms with van der Waals surface area (Å²) in [6.07, 6.45) is -10.2. The number of ether oxygens (including phenoxy) is 1. The SMILES string of the molecule is COCCC(=O)NCc1ccc(NC[C@](O)(c2cc(Cl)c(Cl)c(Cl)c2)C(F)(F)F)cc1C(F)(F)F.